The summed E-state index contributed by atoms with van der Waals surface area (Å²) in [5.41, 5.74) is 1.13. The first-order chi connectivity index (χ1) is 8.45. The predicted molar refractivity (Wildman–Crippen MR) is 72.9 cm³/mol. The van der Waals surface area contributed by atoms with Gasteiger partial charge >= 0.3 is 6.09 Å². The first-order valence-corrected chi connectivity index (χ1v) is 6.15. The van der Waals surface area contributed by atoms with Crippen LogP contribution < -0.4 is 4.74 Å². The van der Waals surface area contributed by atoms with E-state index in [9.17, 15) is 4.79 Å². The summed E-state index contributed by atoms with van der Waals surface area (Å²) in [6.07, 6.45) is -0.327. The quantitative estimate of drug-likeness (QED) is 0.823. The molecule has 1 aromatic carbocycles. The van der Waals surface area contributed by atoms with Gasteiger partial charge in [-0.15, -0.1) is 0 Å². The van der Waals surface area contributed by atoms with E-state index in [2.05, 4.69) is 11.8 Å². The average molecular weight is 250 g/mol. The molecule has 4 nitrogen and oxygen atoms in total. The number of ether oxygens (including phenoxy) is 1. The van der Waals surface area contributed by atoms with E-state index in [0.717, 1.165) is 5.56 Å². The van der Waals surface area contributed by atoms with Crippen molar-refractivity contribution in [2.75, 3.05) is 27.7 Å². The Morgan fingerprint density at radius 1 is 1.33 bits per heavy atom. The summed E-state index contributed by atoms with van der Waals surface area (Å²) in [6.45, 7) is 4.65. The van der Waals surface area contributed by atoms with Crippen LogP contribution in [0.3, 0.4) is 0 Å². The van der Waals surface area contributed by atoms with E-state index in [-0.39, 0.29) is 12.1 Å². The Labute approximate surface area is 109 Å². The molecule has 1 atom stereocenters. The Hall–Kier alpha value is -1.55. The molecule has 1 aromatic rings. The van der Waals surface area contributed by atoms with Crippen molar-refractivity contribution in [2.24, 2.45) is 0 Å². The smallest absolute Gasteiger partial charge is 0.410 e. The van der Waals surface area contributed by atoms with Gasteiger partial charge in [-0.25, -0.2) is 4.79 Å². The molecular weight excluding hydrogens is 228 g/mol. The van der Waals surface area contributed by atoms with Crippen LogP contribution in [-0.4, -0.2) is 43.6 Å². The summed E-state index contributed by atoms with van der Waals surface area (Å²) in [5, 5.41) is 0. The lowest BCUT2D eigenvalue weighted by atomic mass is 10.1. The Morgan fingerprint density at radius 3 is 2.56 bits per heavy atom. The fraction of sp³-hybridized carbons (Fsp3) is 0.500. The average Bonchev–Trinajstić information content (AvgIpc) is 2.36. The summed E-state index contributed by atoms with van der Waals surface area (Å²) >= 11 is 0. The second-order valence-electron chi connectivity index (χ2n) is 4.59. The molecule has 0 spiro atoms. The van der Waals surface area contributed by atoms with Crippen LogP contribution >= 0.6 is 0 Å². The van der Waals surface area contributed by atoms with Gasteiger partial charge in [-0.1, -0.05) is 12.1 Å². The zero-order valence-electron chi connectivity index (χ0n) is 11.8. The number of carbonyl (C=O) groups is 1. The van der Waals surface area contributed by atoms with Crippen molar-refractivity contribution in [1.29, 1.82) is 0 Å². The summed E-state index contributed by atoms with van der Waals surface area (Å²) in [6, 6.07) is 7.93. The van der Waals surface area contributed by atoms with Gasteiger partial charge in [-0.3, -0.25) is 0 Å². The monoisotopic (exact) mass is 250 g/mol. The molecule has 1 rings (SSSR count). The second-order valence-corrected chi connectivity index (χ2v) is 4.59. The van der Waals surface area contributed by atoms with Gasteiger partial charge in [0.05, 0.1) is 0 Å². The van der Waals surface area contributed by atoms with E-state index in [0.29, 0.717) is 12.3 Å². The number of hydrogen-bond donors (Lipinski definition) is 0. The van der Waals surface area contributed by atoms with Gasteiger partial charge in [-0.05, 0) is 45.6 Å². The molecule has 0 aliphatic rings. The lowest BCUT2D eigenvalue weighted by Gasteiger charge is -2.21. The van der Waals surface area contributed by atoms with Gasteiger partial charge in [0.25, 0.3) is 0 Å². The Kier molecular flexibility index (Phi) is 5.16. The van der Waals surface area contributed by atoms with Crippen molar-refractivity contribution >= 4 is 6.09 Å². The minimum atomic E-state index is -0.327. The van der Waals surface area contributed by atoms with Gasteiger partial charge in [0.15, 0.2) is 0 Å². The van der Waals surface area contributed by atoms with Gasteiger partial charge in [0.2, 0.25) is 0 Å². The highest BCUT2D eigenvalue weighted by Crippen LogP contribution is 2.22. The Bertz CT molecular complexity index is 405. The lowest BCUT2D eigenvalue weighted by molar-refractivity contribution is 0.165. The molecule has 0 bridgehead atoms. The number of carbonyl (C=O) groups excluding carboxylic acids is 1. The van der Waals surface area contributed by atoms with Crippen molar-refractivity contribution in [3.05, 3.63) is 29.8 Å². The van der Waals surface area contributed by atoms with Crippen LogP contribution in [0.5, 0.6) is 5.75 Å². The number of amides is 1. The number of hydrogen-bond acceptors (Lipinski definition) is 3. The number of benzene rings is 1. The van der Waals surface area contributed by atoms with Crippen LogP contribution in [0.2, 0.25) is 0 Å². The van der Waals surface area contributed by atoms with Crippen molar-refractivity contribution < 1.29 is 9.53 Å². The zero-order chi connectivity index (χ0) is 13.7. The zero-order valence-corrected chi connectivity index (χ0v) is 11.8. The molecule has 0 unspecified atom stereocenters. The molecule has 18 heavy (non-hydrogen) atoms. The first-order valence-electron chi connectivity index (χ1n) is 6.15. The molecule has 100 valence electrons. The number of nitrogens with zero attached hydrogens (tertiary/aromatic N) is 2. The highest BCUT2D eigenvalue weighted by Gasteiger charge is 2.12. The maximum absolute atomic E-state index is 11.7. The van der Waals surface area contributed by atoms with Crippen LogP contribution in [0.4, 0.5) is 4.79 Å². The first kappa shape index (κ1) is 14.5. The van der Waals surface area contributed by atoms with E-state index < -0.39 is 0 Å². The third-order valence-corrected chi connectivity index (χ3v) is 3.11. The molecule has 0 radical (unpaired) electrons. The van der Waals surface area contributed by atoms with Crippen molar-refractivity contribution in [1.82, 2.24) is 9.80 Å². The Morgan fingerprint density at radius 2 is 2.00 bits per heavy atom. The highest BCUT2D eigenvalue weighted by atomic mass is 16.6. The molecule has 0 aliphatic carbocycles. The minimum absolute atomic E-state index is 0.285. The molecule has 0 saturated carbocycles. The van der Waals surface area contributed by atoms with E-state index in [1.807, 2.05) is 39.2 Å². The molecule has 0 heterocycles. The SMILES string of the molecule is CCN(C)C(=O)Oc1cccc([C@@H](C)N(C)C)c1. The molecule has 0 aromatic heterocycles. The summed E-state index contributed by atoms with van der Waals surface area (Å²) in [5.74, 6) is 0.589. The van der Waals surface area contributed by atoms with Crippen molar-refractivity contribution in [3.8, 4) is 5.75 Å². The fourth-order valence-corrected chi connectivity index (χ4v) is 1.44. The van der Waals surface area contributed by atoms with Gasteiger partial charge in [-0.2, -0.15) is 0 Å². The largest absolute Gasteiger partial charge is 0.414 e. The minimum Gasteiger partial charge on any atom is -0.410 e. The van der Waals surface area contributed by atoms with E-state index in [1.165, 1.54) is 4.90 Å². The van der Waals surface area contributed by atoms with Crippen molar-refractivity contribution in [2.45, 2.75) is 19.9 Å². The van der Waals surface area contributed by atoms with Gasteiger partial charge < -0.3 is 14.5 Å². The summed E-state index contributed by atoms with van der Waals surface area (Å²) in [7, 11) is 5.76. The van der Waals surface area contributed by atoms with Crippen molar-refractivity contribution in [3.63, 3.8) is 0 Å². The molecule has 0 saturated heterocycles. The number of rotatable bonds is 4. The molecule has 0 aliphatic heterocycles. The molecule has 0 fully saturated rings. The lowest BCUT2D eigenvalue weighted by Crippen LogP contribution is -2.29. The van der Waals surface area contributed by atoms with Gasteiger partial charge in [0, 0.05) is 19.6 Å². The highest BCUT2D eigenvalue weighted by molar-refractivity contribution is 5.70. The summed E-state index contributed by atoms with van der Waals surface area (Å²) in [4.78, 5) is 15.3. The molecule has 1 amide bonds. The maximum Gasteiger partial charge on any atom is 0.414 e. The molecule has 0 N–H and O–H groups in total. The standard InChI is InChI=1S/C14H22N2O2/c1-6-16(5)14(17)18-13-9-7-8-12(10-13)11(2)15(3)4/h7-11H,6H2,1-5H3/t11-/m1/s1. The van der Waals surface area contributed by atoms with E-state index in [4.69, 9.17) is 4.74 Å². The predicted octanol–water partition coefficient (Wildman–Crippen LogP) is 2.76. The Balaban J connectivity index is 2.80. The second kappa shape index (κ2) is 6.40. The van der Waals surface area contributed by atoms with Crippen LogP contribution in [0.25, 0.3) is 0 Å². The normalized spacial score (nSPS) is 12.3. The topological polar surface area (TPSA) is 32.8 Å². The summed E-state index contributed by atoms with van der Waals surface area (Å²) < 4.78 is 5.31. The van der Waals surface area contributed by atoms with E-state index >= 15 is 0 Å². The van der Waals surface area contributed by atoms with Gasteiger partial charge in [0.1, 0.15) is 5.75 Å². The molecular formula is C14H22N2O2. The third-order valence-electron chi connectivity index (χ3n) is 3.11. The van der Waals surface area contributed by atoms with E-state index in [1.54, 1.807) is 13.1 Å². The van der Waals surface area contributed by atoms with Crippen LogP contribution in [0, 0.1) is 0 Å². The molecule has 4 heteroatoms. The van der Waals surface area contributed by atoms with Crippen LogP contribution in [-0.2, 0) is 0 Å². The fourth-order valence-electron chi connectivity index (χ4n) is 1.44. The maximum atomic E-state index is 11.7. The van der Waals surface area contributed by atoms with Crippen LogP contribution in [0.1, 0.15) is 25.5 Å². The third kappa shape index (κ3) is 3.74. The van der Waals surface area contributed by atoms with Crippen LogP contribution in [0.15, 0.2) is 24.3 Å².